The normalized spacial score (nSPS) is 11.4. The molecule has 0 aliphatic rings. The van der Waals surface area contributed by atoms with Crippen LogP contribution >= 0.6 is 0 Å². The molecule has 0 amide bonds. The van der Waals surface area contributed by atoms with Gasteiger partial charge in [0.25, 0.3) is 0 Å². The second kappa shape index (κ2) is 30.7. The third-order valence-corrected chi connectivity index (χ3v) is 23.1. The highest BCUT2D eigenvalue weighted by molar-refractivity contribution is 6.23. The summed E-state index contributed by atoms with van der Waals surface area (Å²) in [5.41, 5.74) is 32.8. The van der Waals surface area contributed by atoms with Crippen LogP contribution in [-0.2, 0) is 0 Å². The molecule has 552 valence electrons. The molecule has 20 aromatic carbocycles. The standard InChI is InChI=1S/2C57H37NO/c1-4-16-38(17-5-1)43-22-14-24-45(36-43)47-34-35-48(46-25-15-23-44(37-46)39-18-6-2-7-19-39)56-55(47)58-57(59-56)42-32-30-41(31-33-42)54-51-28-12-10-26-49(51)53(40-20-8-3-9-21-40)50-27-11-13-29-52(50)54;1-4-14-38(15-5-1)40-24-28-42(29-25-40)51-36-53-54(37-52(51)43-30-26-41(27-31-43)39-16-6-2-7-17-39)59-57(58-53)46-34-32-45(33-35-46)56-49-22-12-10-20-47(49)55(44-18-8-3-9-19-44)48-21-11-13-23-50(48)56/h2*1-37H. The summed E-state index contributed by atoms with van der Waals surface area (Å²) in [6, 6.07) is 160. The Morgan fingerprint density at radius 1 is 0.153 bits per heavy atom. The molecule has 22 aromatic rings. The van der Waals surface area contributed by atoms with Crippen LogP contribution in [-0.4, -0.2) is 9.97 Å². The van der Waals surface area contributed by atoms with Crippen molar-refractivity contribution in [2.24, 2.45) is 0 Å². The van der Waals surface area contributed by atoms with Crippen molar-refractivity contribution in [3.05, 3.63) is 449 Å². The van der Waals surface area contributed by atoms with Crippen molar-refractivity contribution in [1.29, 1.82) is 0 Å². The number of oxazole rings is 2. The van der Waals surface area contributed by atoms with E-state index in [1.54, 1.807) is 0 Å². The smallest absolute Gasteiger partial charge is 0.227 e. The third-order valence-electron chi connectivity index (χ3n) is 23.1. The molecule has 0 fully saturated rings. The quantitative estimate of drug-likeness (QED) is 0.102. The monoisotopic (exact) mass is 1500 g/mol. The van der Waals surface area contributed by atoms with Crippen LogP contribution in [0.5, 0.6) is 0 Å². The van der Waals surface area contributed by atoms with Gasteiger partial charge in [-0.2, -0.15) is 0 Å². The molecule has 4 heteroatoms. The summed E-state index contributed by atoms with van der Waals surface area (Å²) in [4.78, 5) is 10.4. The molecule has 0 saturated carbocycles. The fraction of sp³-hybridized carbons (Fsp3) is 0. The molecule has 0 spiro atoms. The van der Waals surface area contributed by atoms with Gasteiger partial charge >= 0.3 is 0 Å². The Morgan fingerprint density at radius 3 is 0.780 bits per heavy atom. The maximum absolute atomic E-state index is 6.90. The van der Waals surface area contributed by atoms with Crippen LogP contribution in [0.2, 0.25) is 0 Å². The van der Waals surface area contributed by atoms with Crippen LogP contribution in [0, 0.1) is 0 Å². The van der Waals surface area contributed by atoms with Crippen molar-refractivity contribution in [2.75, 3.05) is 0 Å². The summed E-state index contributed by atoms with van der Waals surface area (Å²) < 4.78 is 13.5. The average molecular weight is 1500 g/mol. The van der Waals surface area contributed by atoms with E-state index in [-0.39, 0.29) is 0 Å². The molecule has 118 heavy (non-hydrogen) atoms. The Balaban J connectivity index is 0.000000147. The number of fused-ring (bicyclic) bond motifs is 6. The molecule has 0 saturated heterocycles. The molecule has 4 nitrogen and oxygen atoms in total. The number of hydrogen-bond donors (Lipinski definition) is 0. The van der Waals surface area contributed by atoms with Gasteiger partial charge in [-0.05, 0) is 220 Å². The van der Waals surface area contributed by atoms with E-state index in [1.807, 2.05) is 0 Å². The van der Waals surface area contributed by atoms with E-state index in [1.165, 1.54) is 110 Å². The van der Waals surface area contributed by atoms with Crippen molar-refractivity contribution in [3.63, 3.8) is 0 Å². The summed E-state index contributed by atoms with van der Waals surface area (Å²) in [6.07, 6.45) is 0. The Bertz CT molecular complexity index is 7100. The molecular weight excluding hydrogens is 1430 g/mol. The minimum Gasteiger partial charge on any atom is -0.436 e. The molecule has 0 bridgehead atoms. The van der Waals surface area contributed by atoms with Crippen LogP contribution in [0.1, 0.15) is 0 Å². The van der Waals surface area contributed by atoms with Gasteiger partial charge in [0.1, 0.15) is 11.0 Å². The van der Waals surface area contributed by atoms with Gasteiger partial charge in [-0.25, -0.2) is 9.97 Å². The first-order valence-corrected chi connectivity index (χ1v) is 40.2. The van der Waals surface area contributed by atoms with E-state index in [2.05, 4.69) is 449 Å². The zero-order valence-corrected chi connectivity index (χ0v) is 64.4. The molecule has 2 aromatic heterocycles. The predicted molar refractivity (Wildman–Crippen MR) is 494 cm³/mol. The van der Waals surface area contributed by atoms with Crippen LogP contribution in [0.25, 0.3) is 222 Å². The van der Waals surface area contributed by atoms with Gasteiger partial charge in [-0.15, -0.1) is 0 Å². The highest BCUT2D eigenvalue weighted by Crippen LogP contribution is 2.48. The SMILES string of the molecule is c1ccc(-c2ccc(-c3cc4nc(-c5ccc(-c6c7ccccc7c(-c7ccccc7)c7ccccc67)cc5)oc4cc3-c3ccc(-c4ccccc4)cc3)cc2)cc1.c1ccc(-c2cccc(-c3ccc(-c4cccc(-c5ccccc5)c4)c4oc(-c5ccc(-c6c7ccccc7c(-c7ccccc7)c7ccccc67)cc5)nc34)c2)cc1. The maximum atomic E-state index is 6.90. The highest BCUT2D eigenvalue weighted by atomic mass is 16.4. The molecule has 22 rings (SSSR count). The Morgan fingerprint density at radius 2 is 0.407 bits per heavy atom. The average Bonchev–Trinajstić information content (AvgIpc) is 1.32. The van der Waals surface area contributed by atoms with Crippen molar-refractivity contribution in [3.8, 4) is 156 Å². The van der Waals surface area contributed by atoms with Crippen molar-refractivity contribution >= 4 is 65.3 Å². The van der Waals surface area contributed by atoms with Crippen molar-refractivity contribution in [2.45, 2.75) is 0 Å². The summed E-state index contributed by atoms with van der Waals surface area (Å²) in [7, 11) is 0. The summed E-state index contributed by atoms with van der Waals surface area (Å²) in [6.45, 7) is 0. The molecular formula is C114H74N2O2. The number of rotatable bonds is 14. The largest absolute Gasteiger partial charge is 0.436 e. The zero-order valence-electron chi connectivity index (χ0n) is 64.4. The first-order valence-electron chi connectivity index (χ1n) is 40.2. The van der Waals surface area contributed by atoms with E-state index < -0.39 is 0 Å². The maximum Gasteiger partial charge on any atom is 0.227 e. The van der Waals surface area contributed by atoms with Crippen molar-refractivity contribution < 1.29 is 8.83 Å². The van der Waals surface area contributed by atoms with Crippen LogP contribution in [0.15, 0.2) is 458 Å². The summed E-state index contributed by atoms with van der Waals surface area (Å²) >= 11 is 0. The zero-order chi connectivity index (χ0) is 78.2. The van der Waals surface area contributed by atoms with Gasteiger partial charge in [0, 0.05) is 22.3 Å². The van der Waals surface area contributed by atoms with Gasteiger partial charge in [0.05, 0.1) is 0 Å². The molecule has 0 atom stereocenters. The minimum atomic E-state index is 0.591. The van der Waals surface area contributed by atoms with E-state index in [9.17, 15) is 0 Å². The lowest BCUT2D eigenvalue weighted by Crippen LogP contribution is -1.90. The first-order chi connectivity index (χ1) is 58.5. The predicted octanol–water partition coefficient (Wildman–Crippen LogP) is 31.6. The third kappa shape index (κ3) is 13.3. The lowest BCUT2D eigenvalue weighted by atomic mass is 9.86. The topological polar surface area (TPSA) is 52.1 Å². The first kappa shape index (κ1) is 70.3. The highest BCUT2D eigenvalue weighted by Gasteiger charge is 2.24. The summed E-state index contributed by atoms with van der Waals surface area (Å²) in [5, 5.41) is 9.87. The number of aromatic nitrogens is 2. The van der Waals surface area contributed by atoms with Gasteiger partial charge in [-0.3, -0.25) is 0 Å². The van der Waals surface area contributed by atoms with E-state index in [0.717, 1.165) is 100 Å². The van der Waals surface area contributed by atoms with Crippen LogP contribution in [0.4, 0.5) is 0 Å². The van der Waals surface area contributed by atoms with Gasteiger partial charge in [0.2, 0.25) is 11.8 Å². The van der Waals surface area contributed by atoms with Gasteiger partial charge < -0.3 is 8.83 Å². The van der Waals surface area contributed by atoms with Crippen LogP contribution in [0.3, 0.4) is 0 Å². The van der Waals surface area contributed by atoms with Gasteiger partial charge in [0.15, 0.2) is 11.2 Å². The molecule has 0 radical (unpaired) electrons. The number of hydrogen-bond acceptors (Lipinski definition) is 4. The molecule has 0 N–H and O–H groups in total. The van der Waals surface area contributed by atoms with E-state index >= 15 is 0 Å². The van der Waals surface area contributed by atoms with Crippen molar-refractivity contribution in [1.82, 2.24) is 9.97 Å². The van der Waals surface area contributed by atoms with Crippen LogP contribution < -0.4 is 0 Å². The fourth-order valence-electron chi connectivity index (χ4n) is 17.4. The Hall–Kier alpha value is -15.6. The molecule has 0 aliphatic carbocycles. The fourth-order valence-corrected chi connectivity index (χ4v) is 17.4. The molecule has 0 unspecified atom stereocenters. The van der Waals surface area contributed by atoms with E-state index in [0.29, 0.717) is 11.8 Å². The van der Waals surface area contributed by atoms with E-state index in [4.69, 9.17) is 18.8 Å². The Kier molecular flexibility index (Phi) is 18.3. The molecule has 0 aliphatic heterocycles. The number of benzene rings is 20. The lowest BCUT2D eigenvalue weighted by Gasteiger charge is -2.17. The number of nitrogens with zero attached hydrogens (tertiary/aromatic N) is 2. The Labute approximate surface area is 684 Å². The van der Waals surface area contributed by atoms with Gasteiger partial charge in [-0.1, -0.05) is 394 Å². The second-order valence-corrected chi connectivity index (χ2v) is 30.1. The minimum absolute atomic E-state index is 0.591. The lowest BCUT2D eigenvalue weighted by molar-refractivity contribution is 0.620. The summed E-state index contributed by atoms with van der Waals surface area (Å²) in [5.74, 6) is 1.19. The second-order valence-electron chi connectivity index (χ2n) is 30.1. The molecule has 2 heterocycles.